The smallest absolute Gasteiger partial charge is 0.119 e. The van der Waals surface area contributed by atoms with Gasteiger partial charge in [-0.25, -0.2) is 0 Å². The van der Waals surface area contributed by atoms with Crippen molar-refractivity contribution in [1.82, 2.24) is 10.2 Å². The van der Waals surface area contributed by atoms with Crippen LogP contribution in [0.25, 0.3) is 0 Å². The highest BCUT2D eigenvalue weighted by Gasteiger charge is 2.04. The van der Waals surface area contributed by atoms with Crippen LogP contribution in [0.15, 0.2) is 24.3 Å². The van der Waals surface area contributed by atoms with Crippen LogP contribution < -0.4 is 10.1 Å². The van der Waals surface area contributed by atoms with Crippen molar-refractivity contribution in [1.29, 1.82) is 0 Å². The molecule has 102 valence electrons. The van der Waals surface area contributed by atoms with Gasteiger partial charge in [0.2, 0.25) is 0 Å². The number of aliphatic hydroxyl groups is 1. The number of benzene rings is 1. The fourth-order valence-electron chi connectivity index (χ4n) is 1.35. The maximum atomic E-state index is 9.70. The first-order valence-electron chi connectivity index (χ1n) is 6.00. The molecule has 0 saturated carbocycles. The average Bonchev–Trinajstić information content (AvgIpc) is 2.34. The summed E-state index contributed by atoms with van der Waals surface area (Å²) in [7, 11) is 4.03. The molecule has 0 aliphatic heterocycles. The molecule has 0 bridgehead atoms. The van der Waals surface area contributed by atoms with E-state index in [2.05, 4.69) is 10.2 Å². The Labute approximate surface area is 114 Å². The van der Waals surface area contributed by atoms with Crippen LogP contribution in [0.1, 0.15) is 0 Å². The maximum absolute atomic E-state index is 9.70. The fraction of sp³-hybridized carbons (Fsp3) is 0.538. The number of halogens is 1. The van der Waals surface area contributed by atoms with Crippen molar-refractivity contribution >= 4 is 11.6 Å². The molecule has 1 atom stereocenters. The second-order valence-electron chi connectivity index (χ2n) is 4.43. The fourth-order valence-corrected chi connectivity index (χ4v) is 1.48. The minimum absolute atomic E-state index is 0.274. The molecule has 1 unspecified atom stereocenters. The van der Waals surface area contributed by atoms with E-state index in [9.17, 15) is 5.11 Å². The van der Waals surface area contributed by atoms with Gasteiger partial charge in [-0.2, -0.15) is 0 Å². The summed E-state index contributed by atoms with van der Waals surface area (Å²) >= 11 is 5.77. The van der Waals surface area contributed by atoms with Crippen molar-refractivity contribution in [3.8, 4) is 5.75 Å². The molecule has 0 amide bonds. The third-order valence-corrected chi connectivity index (χ3v) is 2.62. The summed E-state index contributed by atoms with van der Waals surface area (Å²) < 4.78 is 5.44. The van der Waals surface area contributed by atoms with Crippen LogP contribution in [-0.2, 0) is 0 Å². The van der Waals surface area contributed by atoms with Gasteiger partial charge in [0, 0.05) is 24.7 Å². The molecule has 1 aromatic carbocycles. The molecule has 1 aromatic rings. The van der Waals surface area contributed by atoms with Crippen molar-refractivity contribution < 1.29 is 9.84 Å². The average molecular weight is 273 g/mol. The Morgan fingerprint density at radius 3 is 2.61 bits per heavy atom. The molecule has 0 aliphatic carbocycles. The van der Waals surface area contributed by atoms with E-state index in [1.807, 2.05) is 14.1 Å². The summed E-state index contributed by atoms with van der Waals surface area (Å²) in [5.41, 5.74) is 0. The molecule has 18 heavy (non-hydrogen) atoms. The quantitative estimate of drug-likeness (QED) is 0.699. The summed E-state index contributed by atoms with van der Waals surface area (Å²) in [5.74, 6) is 0.715. The third kappa shape index (κ3) is 6.81. The van der Waals surface area contributed by atoms with Gasteiger partial charge in [0.05, 0.1) is 0 Å². The van der Waals surface area contributed by atoms with E-state index in [4.69, 9.17) is 16.3 Å². The number of likely N-dealkylation sites (N-methyl/N-ethyl adjacent to an activating group) is 1. The molecule has 5 heteroatoms. The van der Waals surface area contributed by atoms with Crippen molar-refractivity contribution in [2.75, 3.05) is 40.3 Å². The number of nitrogens with one attached hydrogen (secondary N) is 1. The van der Waals surface area contributed by atoms with Gasteiger partial charge in [-0.05, 0) is 38.4 Å². The summed E-state index contributed by atoms with van der Waals surface area (Å²) in [4.78, 5) is 2.09. The zero-order chi connectivity index (χ0) is 13.4. The van der Waals surface area contributed by atoms with E-state index >= 15 is 0 Å². The van der Waals surface area contributed by atoms with E-state index in [0.29, 0.717) is 17.3 Å². The van der Waals surface area contributed by atoms with Crippen LogP contribution in [0.5, 0.6) is 5.75 Å². The first-order valence-corrected chi connectivity index (χ1v) is 6.37. The topological polar surface area (TPSA) is 44.7 Å². The lowest BCUT2D eigenvalue weighted by atomic mass is 10.3. The normalized spacial score (nSPS) is 12.7. The lowest BCUT2D eigenvalue weighted by Crippen LogP contribution is -2.35. The van der Waals surface area contributed by atoms with E-state index in [1.165, 1.54) is 0 Å². The molecule has 0 aliphatic rings. The molecule has 4 nitrogen and oxygen atoms in total. The number of rotatable bonds is 8. The van der Waals surface area contributed by atoms with Gasteiger partial charge < -0.3 is 20.1 Å². The van der Waals surface area contributed by atoms with Gasteiger partial charge in [0.15, 0.2) is 0 Å². The van der Waals surface area contributed by atoms with E-state index in [1.54, 1.807) is 24.3 Å². The second-order valence-corrected chi connectivity index (χ2v) is 4.86. The molecular weight excluding hydrogens is 252 g/mol. The molecule has 0 spiro atoms. The van der Waals surface area contributed by atoms with Crippen LogP contribution in [0.4, 0.5) is 0 Å². The van der Waals surface area contributed by atoms with Gasteiger partial charge in [-0.1, -0.05) is 11.6 Å². The Hall–Kier alpha value is -0.810. The predicted molar refractivity (Wildman–Crippen MR) is 74.4 cm³/mol. The van der Waals surface area contributed by atoms with Crippen LogP contribution in [0, 0.1) is 0 Å². The van der Waals surface area contributed by atoms with E-state index in [0.717, 1.165) is 13.1 Å². The summed E-state index contributed by atoms with van der Waals surface area (Å²) in [6.07, 6.45) is -0.511. The Morgan fingerprint density at radius 1 is 1.33 bits per heavy atom. The Morgan fingerprint density at radius 2 is 2.00 bits per heavy atom. The zero-order valence-electron chi connectivity index (χ0n) is 10.9. The Balaban J connectivity index is 2.13. The summed E-state index contributed by atoms with van der Waals surface area (Å²) in [5, 5.41) is 13.5. The van der Waals surface area contributed by atoms with Crippen LogP contribution in [0.3, 0.4) is 0 Å². The number of ether oxygens (including phenoxy) is 1. The zero-order valence-corrected chi connectivity index (χ0v) is 11.7. The minimum Gasteiger partial charge on any atom is -0.491 e. The summed E-state index contributed by atoms with van der Waals surface area (Å²) in [6.45, 7) is 2.60. The number of hydrogen-bond donors (Lipinski definition) is 2. The first kappa shape index (κ1) is 15.2. The molecule has 0 fully saturated rings. The van der Waals surface area contributed by atoms with Crippen molar-refractivity contribution in [2.24, 2.45) is 0 Å². The van der Waals surface area contributed by atoms with Crippen LogP contribution in [-0.4, -0.2) is 56.4 Å². The third-order valence-electron chi connectivity index (χ3n) is 2.37. The number of aliphatic hydroxyl groups excluding tert-OH is 1. The van der Waals surface area contributed by atoms with Crippen LogP contribution in [0.2, 0.25) is 5.02 Å². The minimum atomic E-state index is -0.511. The SMILES string of the molecule is CN(C)CCNCC(O)COc1ccc(Cl)cc1. The van der Waals surface area contributed by atoms with Crippen molar-refractivity contribution in [3.63, 3.8) is 0 Å². The lowest BCUT2D eigenvalue weighted by Gasteiger charge is -2.14. The predicted octanol–water partition coefficient (Wildman–Crippen LogP) is 1.23. The Kier molecular flexibility index (Phi) is 7.05. The molecule has 0 heterocycles. The van der Waals surface area contributed by atoms with Crippen LogP contribution >= 0.6 is 11.6 Å². The molecule has 0 saturated heterocycles. The van der Waals surface area contributed by atoms with E-state index in [-0.39, 0.29) is 6.61 Å². The first-order chi connectivity index (χ1) is 8.58. The Bertz CT molecular complexity index is 330. The maximum Gasteiger partial charge on any atom is 0.119 e. The molecule has 0 aromatic heterocycles. The monoisotopic (exact) mass is 272 g/mol. The van der Waals surface area contributed by atoms with Gasteiger partial charge in [-0.3, -0.25) is 0 Å². The number of hydrogen-bond acceptors (Lipinski definition) is 4. The van der Waals surface area contributed by atoms with Gasteiger partial charge in [0.1, 0.15) is 18.5 Å². The van der Waals surface area contributed by atoms with Crippen molar-refractivity contribution in [3.05, 3.63) is 29.3 Å². The molecule has 2 N–H and O–H groups in total. The highest BCUT2D eigenvalue weighted by atomic mass is 35.5. The van der Waals surface area contributed by atoms with Gasteiger partial charge in [-0.15, -0.1) is 0 Å². The largest absolute Gasteiger partial charge is 0.491 e. The molecular formula is C13H21ClN2O2. The molecule has 1 rings (SSSR count). The highest BCUT2D eigenvalue weighted by molar-refractivity contribution is 6.30. The summed E-state index contributed by atoms with van der Waals surface area (Å²) in [6, 6.07) is 7.10. The lowest BCUT2D eigenvalue weighted by molar-refractivity contribution is 0.106. The number of nitrogens with zero attached hydrogens (tertiary/aromatic N) is 1. The van der Waals surface area contributed by atoms with E-state index < -0.39 is 6.10 Å². The highest BCUT2D eigenvalue weighted by Crippen LogP contribution is 2.15. The van der Waals surface area contributed by atoms with Crippen molar-refractivity contribution in [2.45, 2.75) is 6.10 Å². The standard InChI is InChI=1S/C13H21ClN2O2/c1-16(2)8-7-15-9-12(17)10-18-13-5-3-11(14)4-6-13/h3-6,12,15,17H,7-10H2,1-2H3. The van der Waals surface area contributed by atoms with Gasteiger partial charge >= 0.3 is 0 Å². The second kappa shape index (κ2) is 8.32. The van der Waals surface area contributed by atoms with Gasteiger partial charge in [0.25, 0.3) is 0 Å². The molecule has 0 radical (unpaired) electrons.